The maximum Gasteiger partial charge on any atom is 0.212 e. The molecule has 0 saturated carbocycles. The van der Waals surface area contributed by atoms with Crippen molar-refractivity contribution < 1.29 is 9.59 Å². The first-order valence-electron chi connectivity index (χ1n) is 5.18. The number of Topliss-reactive ketones (excluding diaryl/α,β-unsaturated/α-hetero) is 1. The van der Waals surface area contributed by atoms with E-state index in [1.165, 1.54) is 0 Å². The number of benzene rings is 1. The number of aldehydes is 1. The summed E-state index contributed by atoms with van der Waals surface area (Å²) in [5.41, 5.74) is 8.68. The zero-order valence-corrected chi connectivity index (χ0v) is 9.14. The number of anilines is 1. The highest BCUT2D eigenvalue weighted by Crippen LogP contribution is 2.24. The van der Waals surface area contributed by atoms with Crippen LogP contribution >= 0.6 is 0 Å². The maximum atomic E-state index is 11.4. The topological polar surface area (TPSA) is 63.4 Å². The molecule has 0 amide bonds. The number of ketones is 1. The third-order valence-electron chi connectivity index (χ3n) is 3.04. The van der Waals surface area contributed by atoms with Gasteiger partial charge in [0.25, 0.3) is 0 Å². The minimum atomic E-state index is -0.357. The lowest BCUT2D eigenvalue weighted by molar-refractivity contribution is -0.133. The van der Waals surface area contributed by atoms with E-state index in [2.05, 4.69) is 0 Å². The third kappa shape index (κ3) is 1.84. The van der Waals surface area contributed by atoms with Gasteiger partial charge in [0.05, 0.1) is 6.04 Å². The van der Waals surface area contributed by atoms with Gasteiger partial charge < -0.3 is 5.73 Å². The zero-order valence-electron chi connectivity index (χ0n) is 9.14. The predicted molar refractivity (Wildman–Crippen MR) is 60.9 cm³/mol. The highest BCUT2D eigenvalue weighted by molar-refractivity contribution is 6.27. The number of carbonyl (C=O) groups is 2. The molecule has 0 aliphatic carbocycles. The van der Waals surface area contributed by atoms with Crippen molar-refractivity contribution in [1.82, 2.24) is 4.90 Å². The molecule has 0 saturated heterocycles. The maximum absolute atomic E-state index is 11.4. The van der Waals surface area contributed by atoms with Crippen LogP contribution in [0.5, 0.6) is 0 Å². The minimum absolute atomic E-state index is 0.325. The lowest BCUT2D eigenvalue weighted by Crippen LogP contribution is -2.43. The summed E-state index contributed by atoms with van der Waals surface area (Å²) >= 11 is 0. The molecule has 0 bridgehead atoms. The average Bonchev–Trinajstić information content (AvgIpc) is 2.27. The number of nitrogen functional groups attached to an aromatic ring is 1. The lowest BCUT2D eigenvalue weighted by atomic mass is 9.92. The molecule has 4 heteroatoms. The molecule has 1 aliphatic rings. The van der Waals surface area contributed by atoms with Crippen LogP contribution in [0.15, 0.2) is 18.2 Å². The highest BCUT2D eigenvalue weighted by Gasteiger charge is 2.28. The number of fused-ring (bicyclic) bond motifs is 1. The van der Waals surface area contributed by atoms with Crippen molar-refractivity contribution in [3.8, 4) is 0 Å². The normalized spacial score (nSPS) is 20.2. The number of nitrogens with two attached hydrogens (primary N) is 1. The van der Waals surface area contributed by atoms with E-state index < -0.39 is 0 Å². The van der Waals surface area contributed by atoms with Gasteiger partial charge in [0.2, 0.25) is 5.78 Å². The van der Waals surface area contributed by atoms with Crippen molar-refractivity contribution in [3.63, 3.8) is 0 Å². The molecule has 1 aromatic rings. The first-order chi connectivity index (χ1) is 7.61. The molecule has 4 nitrogen and oxygen atoms in total. The molecule has 84 valence electrons. The summed E-state index contributed by atoms with van der Waals surface area (Å²) in [6.07, 6.45) is 0.993. The smallest absolute Gasteiger partial charge is 0.212 e. The Morgan fingerprint density at radius 1 is 1.50 bits per heavy atom. The second-order valence-electron chi connectivity index (χ2n) is 4.18. The van der Waals surface area contributed by atoms with Crippen LogP contribution in [0, 0.1) is 0 Å². The Labute approximate surface area is 94.0 Å². The summed E-state index contributed by atoms with van der Waals surface area (Å²) < 4.78 is 0. The van der Waals surface area contributed by atoms with Gasteiger partial charge in [-0.25, -0.2) is 0 Å². The van der Waals surface area contributed by atoms with Crippen molar-refractivity contribution in [2.75, 3.05) is 12.8 Å². The van der Waals surface area contributed by atoms with Gasteiger partial charge in [-0.2, -0.15) is 0 Å². The molecule has 2 rings (SSSR count). The van der Waals surface area contributed by atoms with Crippen molar-refractivity contribution in [2.45, 2.75) is 19.0 Å². The van der Waals surface area contributed by atoms with Crippen LogP contribution < -0.4 is 5.73 Å². The summed E-state index contributed by atoms with van der Waals surface area (Å²) in [4.78, 5) is 23.8. The van der Waals surface area contributed by atoms with Gasteiger partial charge in [-0.3, -0.25) is 14.5 Å². The summed E-state index contributed by atoms with van der Waals surface area (Å²) in [6.45, 7) is 0.657. The molecule has 2 N–H and O–H groups in total. The van der Waals surface area contributed by atoms with E-state index in [-0.39, 0.29) is 11.8 Å². The number of likely N-dealkylation sites (N-methyl/N-ethyl adjacent to an activating group) is 1. The Hall–Kier alpha value is -1.68. The van der Waals surface area contributed by atoms with Gasteiger partial charge in [-0.15, -0.1) is 0 Å². The van der Waals surface area contributed by atoms with Crippen LogP contribution in [-0.4, -0.2) is 30.1 Å². The SMILES string of the molecule is CN1Cc2cc(N)ccc2C[C@H]1C(=O)C=O. The Balaban J connectivity index is 2.31. The first-order valence-corrected chi connectivity index (χ1v) is 5.18. The molecule has 0 radical (unpaired) electrons. The van der Waals surface area contributed by atoms with Crippen LogP contribution in [-0.2, 0) is 22.6 Å². The molecule has 1 aliphatic heterocycles. The molecule has 0 fully saturated rings. The monoisotopic (exact) mass is 218 g/mol. The second-order valence-corrected chi connectivity index (χ2v) is 4.18. The van der Waals surface area contributed by atoms with E-state index in [9.17, 15) is 9.59 Å². The van der Waals surface area contributed by atoms with Gasteiger partial charge in [-0.1, -0.05) is 6.07 Å². The van der Waals surface area contributed by atoms with E-state index in [1.807, 2.05) is 30.1 Å². The van der Waals surface area contributed by atoms with Crippen molar-refractivity contribution in [1.29, 1.82) is 0 Å². The fraction of sp³-hybridized carbons (Fsp3) is 0.333. The van der Waals surface area contributed by atoms with Gasteiger partial charge in [0, 0.05) is 12.2 Å². The second kappa shape index (κ2) is 4.06. The summed E-state index contributed by atoms with van der Waals surface area (Å²) in [7, 11) is 1.85. The van der Waals surface area contributed by atoms with E-state index in [4.69, 9.17) is 5.73 Å². The molecule has 0 spiro atoms. The minimum Gasteiger partial charge on any atom is -0.399 e. The van der Waals surface area contributed by atoms with Crippen LogP contribution in [0.3, 0.4) is 0 Å². The lowest BCUT2D eigenvalue weighted by Gasteiger charge is -2.32. The molecular formula is C12H14N2O2. The molecule has 0 aromatic heterocycles. The van der Waals surface area contributed by atoms with Crippen LogP contribution in [0.1, 0.15) is 11.1 Å². The van der Waals surface area contributed by atoms with Crippen LogP contribution in [0.25, 0.3) is 0 Å². The van der Waals surface area contributed by atoms with Gasteiger partial charge in [-0.05, 0) is 36.7 Å². The Morgan fingerprint density at radius 3 is 2.94 bits per heavy atom. The molecule has 0 unspecified atom stereocenters. The van der Waals surface area contributed by atoms with Crippen molar-refractivity contribution in [2.24, 2.45) is 0 Å². The Bertz CT molecular complexity index is 443. The molecule has 1 atom stereocenters. The van der Waals surface area contributed by atoms with Gasteiger partial charge in [0.15, 0.2) is 6.29 Å². The van der Waals surface area contributed by atoms with Crippen LogP contribution in [0.4, 0.5) is 5.69 Å². The standard InChI is InChI=1S/C12H14N2O2/c1-14-6-9-4-10(13)3-2-8(9)5-11(14)12(16)7-15/h2-4,7,11H,5-6,13H2,1H3/t11-/m0/s1. The average molecular weight is 218 g/mol. The van der Waals surface area contributed by atoms with Crippen molar-refractivity contribution >= 4 is 17.8 Å². The van der Waals surface area contributed by atoms with Gasteiger partial charge in [0.1, 0.15) is 0 Å². The summed E-state index contributed by atoms with van der Waals surface area (Å²) in [5.74, 6) is -0.357. The van der Waals surface area contributed by atoms with E-state index in [0.717, 1.165) is 16.8 Å². The number of nitrogens with zero attached hydrogens (tertiary/aromatic N) is 1. The molecular weight excluding hydrogens is 204 g/mol. The first kappa shape index (κ1) is 10.8. The summed E-state index contributed by atoms with van der Waals surface area (Å²) in [5, 5.41) is 0. The fourth-order valence-electron chi connectivity index (χ4n) is 2.13. The largest absolute Gasteiger partial charge is 0.399 e. The zero-order chi connectivity index (χ0) is 11.7. The number of carbonyl (C=O) groups excluding carboxylic acids is 2. The fourth-order valence-corrected chi connectivity index (χ4v) is 2.13. The summed E-state index contributed by atoms with van der Waals surface area (Å²) in [6, 6.07) is 5.36. The van der Waals surface area contributed by atoms with Crippen LogP contribution in [0.2, 0.25) is 0 Å². The number of hydrogen-bond donors (Lipinski definition) is 1. The molecule has 1 heterocycles. The van der Waals surface area contributed by atoms with E-state index in [0.29, 0.717) is 19.3 Å². The van der Waals surface area contributed by atoms with Crippen molar-refractivity contribution in [3.05, 3.63) is 29.3 Å². The third-order valence-corrected chi connectivity index (χ3v) is 3.04. The molecule has 1 aromatic carbocycles. The van der Waals surface area contributed by atoms with E-state index in [1.54, 1.807) is 0 Å². The quantitative estimate of drug-likeness (QED) is 0.443. The van der Waals surface area contributed by atoms with Gasteiger partial charge >= 0.3 is 0 Å². The Morgan fingerprint density at radius 2 is 2.25 bits per heavy atom. The molecule has 16 heavy (non-hydrogen) atoms. The van der Waals surface area contributed by atoms with E-state index >= 15 is 0 Å². The predicted octanol–water partition coefficient (Wildman–Crippen LogP) is 0.393. The highest BCUT2D eigenvalue weighted by atomic mass is 16.2. The Kier molecular flexibility index (Phi) is 2.75. The number of hydrogen-bond acceptors (Lipinski definition) is 4. The number of rotatable bonds is 2.